The molecule has 0 unspecified atom stereocenters. The number of carbonyl (C=O) groups excluding carboxylic acids is 1. The molecule has 1 atom stereocenters. The zero-order chi connectivity index (χ0) is 14.6. The van der Waals surface area contributed by atoms with Gasteiger partial charge in [0.15, 0.2) is 0 Å². The monoisotopic (exact) mass is 289 g/mol. The molecule has 4 nitrogen and oxygen atoms in total. The van der Waals surface area contributed by atoms with Crippen LogP contribution in [0.5, 0.6) is 0 Å². The zero-order valence-electron chi connectivity index (χ0n) is 11.7. The molecule has 0 aromatic rings. The number of carbonyl (C=O) groups is 1. The van der Waals surface area contributed by atoms with E-state index in [0.717, 1.165) is 44.3 Å². The highest BCUT2D eigenvalue weighted by Gasteiger charge is 2.51. The first-order valence-electron chi connectivity index (χ1n) is 7.17. The van der Waals surface area contributed by atoms with Crippen LogP contribution < -0.4 is 5.32 Å². The van der Waals surface area contributed by atoms with Crippen LogP contribution in [0.4, 0.5) is 0 Å². The third kappa shape index (κ3) is 2.43. The number of thioether (sulfide) groups is 1. The fraction of sp³-hybridized carbons (Fsp3) is 0.667. The van der Waals surface area contributed by atoms with Gasteiger partial charge in [0.25, 0.3) is 0 Å². The molecular weight excluding hydrogens is 270 g/mol. The van der Waals surface area contributed by atoms with Crippen molar-refractivity contribution < 1.29 is 4.79 Å². The molecule has 1 heterocycles. The number of nitriles is 2. The molecule has 1 amide bonds. The van der Waals surface area contributed by atoms with Crippen molar-refractivity contribution in [3.05, 3.63) is 10.6 Å². The van der Waals surface area contributed by atoms with Crippen molar-refractivity contribution in [1.29, 1.82) is 10.5 Å². The van der Waals surface area contributed by atoms with E-state index in [9.17, 15) is 15.3 Å². The van der Waals surface area contributed by atoms with Gasteiger partial charge in [-0.15, -0.1) is 11.8 Å². The van der Waals surface area contributed by atoms with E-state index in [0.29, 0.717) is 10.6 Å². The molecule has 0 aromatic heterocycles. The Kier molecular flexibility index (Phi) is 4.73. The fourth-order valence-electron chi connectivity index (χ4n) is 3.25. The highest BCUT2D eigenvalue weighted by Crippen LogP contribution is 2.51. The summed E-state index contributed by atoms with van der Waals surface area (Å²) in [6.45, 7) is 2.07. The maximum absolute atomic E-state index is 12.2. The Hall–Kier alpha value is -1.46. The minimum absolute atomic E-state index is 0.230. The minimum atomic E-state index is -0.719. The predicted molar refractivity (Wildman–Crippen MR) is 78.2 cm³/mol. The predicted octanol–water partition coefficient (Wildman–Crippen LogP) is 3.08. The summed E-state index contributed by atoms with van der Waals surface area (Å²) in [4.78, 5) is 12.2. The van der Waals surface area contributed by atoms with Crippen LogP contribution in [0.1, 0.15) is 45.4 Å². The van der Waals surface area contributed by atoms with Gasteiger partial charge in [-0.25, -0.2) is 0 Å². The fourth-order valence-corrected chi connectivity index (χ4v) is 4.22. The zero-order valence-corrected chi connectivity index (χ0v) is 12.6. The van der Waals surface area contributed by atoms with Crippen molar-refractivity contribution in [2.45, 2.75) is 45.4 Å². The molecule has 1 saturated carbocycles. The number of allylic oxidation sites excluding steroid dienone is 1. The first-order valence-corrected chi connectivity index (χ1v) is 8.16. The first-order chi connectivity index (χ1) is 9.69. The second-order valence-corrected chi connectivity index (χ2v) is 6.54. The van der Waals surface area contributed by atoms with Crippen molar-refractivity contribution in [3.8, 4) is 12.1 Å². The van der Waals surface area contributed by atoms with E-state index in [1.807, 2.05) is 0 Å². The summed E-state index contributed by atoms with van der Waals surface area (Å²) < 4.78 is 0. The lowest BCUT2D eigenvalue weighted by Gasteiger charge is -2.43. The number of hydrogen-bond donors (Lipinski definition) is 1. The molecule has 0 bridgehead atoms. The molecule has 1 spiro atoms. The van der Waals surface area contributed by atoms with Crippen molar-refractivity contribution in [2.75, 3.05) is 5.75 Å². The second-order valence-electron chi connectivity index (χ2n) is 5.43. The number of nitrogens with one attached hydrogen (secondary N) is 1. The van der Waals surface area contributed by atoms with Gasteiger partial charge in [-0.05, 0) is 25.0 Å². The Morgan fingerprint density at radius 2 is 2.05 bits per heavy atom. The lowest BCUT2D eigenvalue weighted by atomic mass is 9.61. The average molecular weight is 289 g/mol. The van der Waals surface area contributed by atoms with Crippen molar-refractivity contribution in [2.24, 2.45) is 11.3 Å². The number of rotatable bonds is 3. The van der Waals surface area contributed by atoms with Crippen LogP contribution in [0.2, 0.25) is 0 Å². The van der Waals surface area contributed by atoms with Gasteiger partial charge in [0.1, 0.15) is 5.92 Å². The van der Waals surface area contributed by atoms with Crippen LogP contribution in [0, 0.1) is 34.0 Å². The number of nitrogens with zero attached hydrogens (tertiary/aromatic N) is 2. The van der Waals surface area contributed by atoms with Gasteiger partial charge in [0.05, 0.1) is 22.7 Å². The quantitative estimate of drug-likeness (QED) is 0.866. The lowest BCUT2D eigenvalue weighted by molar-refractivity contribution is -0.126. The van der Waals surface area contributed by atoms with Crippen molar-refractivity contribution >= 4 is 17.7 Å². The van der Waals surface area contributed by atoms with Gasteiger partial charge in [0.2, 0.25) is 5.91 Å². The molecule has 0 saturated heterocycles. The van der Waals surface area contributed by atoms with Gasteiger partial charge >= 0.3 is 0 Å². The molecule has 20 heavy (non-hydrogen) atoms. The molecule has 1 aliphatic carbocycles. The highest BCUT2D eigenvalue weighted by atomic mass is 32.2. The van der Waals surface area contributed by atoms with Crippen molar-refractivity contribution in [1.82, 2.24) is 5.32 Å². The molecular formula is C15H19N3OS. The molecule has 2 rings (SSSR count). The van der Waals surface area contributed by atoms with Crippen LogP contribution >= 0.6 is 11.8 Å². The molecule has 5 heteroatoms. The standard InChI is InChI=1S/C15H19N3OS/c1-2-8-20-14-12(10-17)15(6-4-3-5-7-15)11(9-16)13(19)18-14/h11H,2-8H2,1H3,(H,18,19)/t11-/m1/s1. The van der Waals surface area contributed by atoms with Gasteiger partial charge < -0.3 is 5.32 Å². The van der Waals surface area contributed by atoms with Crippen LogP contribution in [0.15, 0.2) is 10.6 Å². The summed E-state index contributed by atoms with van der Waals surface area (Å²) in [5.41, 5.74) is 0.0990. The van der Waals surface area contributed by atoms with E-state index < -0.39 is 11.3 Å². The van der Waals surface area contributed by atoms with Crippen LogP contribution in [0.3, 0.4) is 0 Å². The third-order valence-corrected chi connectivity index (χ3v) is 5.42. The topological polar surface area (TPSA) is 76.7 Å². The first kappa shape index (κ1) is 14.9. The largest absolute Gasteiger partial charge is 0.319 e. The molecule has 1 aliphatic heterocycles. The second kappa shape index (κ2) is 6.33. The normalized spacial score (nSPS) is 24.9. The summed E-state index contributed by atoms with van der Waals surface area (Å²) >= 11 is 1.53. The van der Waals surface area contributed by atoms with Gasteiger partial charge in [-0.3, -0.25) is 4.79 Å². The molecule has 0 aromatic carbocycles. The van der Waals surface area contributed by atoms with Crippen LogP contribution in [-0.2, 0) is 4.79 Å². The third-order valence-electron chi connectivity index (χ3n) is 4.21. The van der Waals surface area contributed by atoms with Crippen LogP contribution in [-0.4, -0.2) is 11.7 Å². The Bertz CT molecular complexity index is 506. The van der Waals surface area contributed by atoms with E-state index in [-0.39, 0.29) is 5.91 Å². The number of amides is 1. The summed E-state index contributed by atoms with van der Waals surface area (Å²) in [6.07, 6.45) is 5.63. The van der Waals surface area contributed by atoms with Crippen LogP contribution in [0.25, 0.3) is 0 Å². The summed E-state index contributed by atoms with van der Waals surface area (Å²) in [6, 6.07) is 4.45. The van der Waals surface area contributed by atoms with E-state index in [1.54, 1.807) is 0 Å². The Morgan fingerprint density at radius 1 is 1.35 bits per heavy atom. The average Bonchev–Trinajstić information content (AvgIpc) is 2.46. The lowest BCUT2D eigenvalue weighted by Crippen LogP contribution is -2.48. The number of hydrogen-bond acceptors (Lipinski definition) is 4. The smallest absolute Gasteiger partial charge is 0.243 e. The van der Waals surface area contributed by atoms with E-state index >= 15 is 0 Å². The molecule has 1 N–H and O–H groups in total. The van der Waals surface area contributed by atoms with Crippen molar-refractivity contribution in [3.63, 3.8) is 0 Å². The van der Waals surface area contributed by atoms with Gasteiger partial charge in [-0.2, -0.15) is 10.5 Å². The van der Waals surface area contributed by atoms with E-state index in [1.165, 1.54) is 11.8 Å². The SMILES string of the molecule is CCCSC1=C(C#N)C2(CCCCC2)[C@H](C#N)C(=O)N1. The minimum Gasteiger partial charge on any atom is -0.319 e. The molecule has 2 aliphatic rings. The molecule has 106 valence electrons. The van der Waals surface area contributed by atoms with Gasteiger partial charge in [0, 0.05) is 5.41 Å². The van der Waals surface area contributed by atoms with E-state index in [2.05, 4.69) is 24.4 Å². The summed E-state index contributed by atoms with van der Waals surface area (Å²) in [5, 5.41) is 22.5. The summed E-state index contributed by atoms with van der Waals surface area (Å²) in [7, 11) is 0. The van der Waals surface area contributed by atoms with E-state index in [4.69, 9.17) is 0 Å². The Labute approximate surface area is 124 Å². The Morgan fingerprint density at radius 3 is 2.60 bits per heavy atom. The Balaban J connectivity index is 2.47. The maximum atomic E-state index is 12.2. The highest BCUT2D eigenvalue weighted by molar-refractivity contribution is 8.03. The molecule has 1 fully saturated rings. The van der Waals surface area contributed by atoms with Gasteiger partial charge in [-0.1, -0.05) is 26.2 Å². The summed E-state index contributed by atoms with van der Waals surface area (Å²) in [5.74, 6) is -0.0795. The maximum Gasteiger partial charge on any atom is 0.243 e. The molecule has 0 radical (unpaired) electrons.